The molecular weight excluding hydrogens is 752 g/mol. The van der Waals surface area contributed by atoms with Crippen molar-refractivity contribution in [3.63, 3.8) is 0 Å². The number of hydrogen-bond donors (Lipinski definition) is 1. The van der Waals surface area contributed by atoms with E-state index in [-0.39, 0.29) is 57.1 Å². The van der Waals surface area contributed by atoms with Gasteiger partial charge in [0.2, 0.25) is 12.5 Å². The van der Waals surface area contributed by atoms with Gasteiger partial charge < -0.3 is 61.9 Å². The second kappa shape index (κ2) is 19.9. The fraction of sp³-hybridized carbons (Fsp3) is 0.477. The first-order valence-electron chi connectivity index (χ1n) is 19.2. The van der Waals surface area contributed by atoms with Crippen LogP contribution in [-0.4, -0.2) is 89.4 Å². The average Bonchev–Trinajstić information content (AvgIpc) is 3.87. The number of ether oxygens (including phenoxy) is 12. The molecule has 14 heteroatoms. The summed E-state index contributed by atoms with van der Waals surface area (Å²) in [6.45, 7) is 7.01. The monoisotopic (exact) mass is 802 g/mol. The number of benzene rings is 3. The Hall–Kier alpha value is -5.35. The number of aliphatic hydroxyl groups is 1. The van der Waals surface area contributed by atoms with Crippen molar-refractivity contribution in [1.82, 2.24) is 0 Å². The Kier molecular flexibility index (Phi) is 14.5. The number of aliphatic hydroxyl groups excluding tert-OH is 1. The third-order valence-electron chi connectivity index (χ3n) is 10.1. The number of fused-ring (bicyclic) bond motifs is 4. The maximum Gasteiger partial charge on any atom is 0.309 e. The molecule has 0 spiro atoms. The van der Waals surface area contributed by atoms with Gasteiger partial charge in [-0.3, -0.25) is 4.79 Å². The maximum absolute atomic E-state index is 12.3. The molecule has 7 unspecified atom stereocenters. The zero-order valence-corrected chi connectivity index (χ0v) is 33.3. The minimum Gasteiger partial charge on any atom is -0.493 e. The number of rotatable bonds is 11. The quantitative estimate of drug-likeness (QED) is 0.195. The molecule has 8 atom stereocenters. The number of terminal acetylenes is 2. The first-order valence-corrected chi connectivity index (χ1v) is 19.2. The van der Waals surface area contributed by atoms with Gasteiger partial charge in [0, 0.05) is 12.3 Å². The lowest BCUT2D eigenvalue weighted by molar-refractivity contribution is -0.338. The van der Waals surface area contributed by atoms with Gasteiger partial charge in [-0.25, -0.2) is 0 Å². The second-order valence-electron chi connectivity index (χ2n) is 13.5. The van der Waals surface area contributed by atoms with Crippen LogP contribution in [0.1, 0.15) is 50.0 Å². The normalized spacial score (nSPS) is 25.9. The van der Waals surface area contributed by atoms with Crippen LogP contribution in [0.2, 0.25) is 0 Å². The van der Waals surface area contributed by atoms with Crippen molar-refractivity contribution >= 4 is 5.97 Å². The molecule has 3 fully saturated rings. The Morgan fingerprint density at radius 1 is 0.845 bits per heavy atom. The summed E-state index contributed by atoms with van der Waals surface area (Å²) in [5.41, 5.74) is 2.62. The fourth-order valence-corrected chi connectivity index (χ4v) is 7.46. The van der Waals surface area contributed by atoms with Crippen LogP contribution in [0, 0.1) is 36.5 Å². The third kappa shape index (κ3) is 9.34. The van der Waals surface area contributed by atoms with E-state index in [0.29, 0.717) is 65.4 Å². The predicted octanol–water partition coefficient (Wildman–Crippen LogP) is 5.39. The molecule has 4 heterocycles. The van der Waals surface area contributed by atoms with Gasteiger partial charge in [-0.2, -0.15) is 0 Å². The zero-order valence-electron chi connectivity index (χ0n) is 33.3. The van der Waals surface area contributed by atoms with E-state index >= 15 is 0 Å². The molecule has 8 rings (SSSR count). The molecular formula is C44H50O14. The van der Waals surface area contributed by atoms with Gasteiger partial charge in [0.05, 0.1) is 51.1 Å². The molecule has 0 saturated carbocycles. The number of para-hydroxylation sites is 1. The Morgan fingerprint density at radius 3 is 2.12 bits per heavy atom. The van der Waals surface area contributed by atoms with Gasteiger partial charge in [-0.15, -0.1) is 12.8 Å². The van der Waals surface area contributed by atoms with Crippen LogP contribution in [0.25, 0.3) is 0 Å². The minimum atomic E-state index is -0.725. The van der Waals surface area contributed by atoms with E-state index in [9.17, 15) is 9.90 Å². The highest BCUT2D eigenvalue weighted by atomic mass is 16.7. The summed E-state index contributed by atoms with van der Waals surface area (Å²) < 4.78 is 68.0. The summed E-state index contributed by atoms with van der Waals surface area (Å²) in [7, 11) is 3.13. The Labute approximate surface area is 338 Å². The number of carbonyl (C=O) groups excluding carboxylic acids is 1. The van der Waals surface area contributed by atoms with Crippen LogP contribution in [0.4, 0.5) is 0 Å². The molecule has 0 aromatic heterocycles. The van der Waals surface area contributed by atoms with Gasteiger partial charge in [0.25, 0.3) is 0 Å². The van der Waals surface area contributed by atoms with Gasteiger partial charge in [-0.05, 0) is 60.9 Å². The number of methoxy groups -OCH3 is 2. The smallest absolute Gasteiger partial charge is 0.309 e. The molecule has 3 aromatic rings. The van der Waals surface area contributed by atoms with Gasteiger partial charge in [-0.1, -0.05) is 37.8 Å². The van der Waals surface area contributed by atoms with Crippen molar-refractivity contribution in [1.29, 1.82) is 0 Å². The van der Waals surface area contributed by atoms with Gasteiger partial charge in [0.15, 0.2) is 35.6 Å². The van der Waals surface area contributed by atoms with Crippen LogP contribution in [0.5, 0.6) is 40.2 Å². The highest BCUT2D eigenvalue weighted by molar-refractivity contribution is 5.76. The average molecular weight is 803 g/mol. The van der Waals surface area contributed by atoms with Crippen LogP contribution in [0.3, 0.4) is 0 Å². The molecule has 0 amide bonds. The standard InChI is InChI=1S/C21H24O9.C21H20O5.C2H6/c1-9-24-7-17-20(28-9)14(22)5-18(29-17)30-19-11-4-16-15(26-8-27-16)3-10(11)2-12-13(19)6-25-21(12)23;1-5-13-24-17-9-7-10-18(25-14-6-2)16(17)15-26-21-19(22-3)11-8-12-20(21)23-4;1-2/h3-4,9,12-14,17-20,22H,2,5-8H2,1H3;1-2,7-12H,13-15H2,3-4H3;1-2H3/t9-,12?,13?,14?,17?,18?,19?,20?;;/m1../s1. The highest BCUT2D eigenvalue weighted by Crippen LogP contribution is 2.49. The summed E-state index contributed by atoms with van der Waals surface area (Å²) in [5, 5.41) is 10.6. The van der Waals surface area contributed by atoms with Gasteiger partial charge >= 0.3 is 5.97 Å². The van der Waals surface area contributed by atoms with Crippen molar-refractivity contribution < 1.29 is 66.7 Å². The maximum atomic E-state index is 12.3. The largest absolute Gasteiger partial charge is 0.493 e. The van der Waals surface area contributed by atoms with Crippen molar-refractivity contribution in [3.8, 4) is 64.9 Å². The lowest BCUT2D eigenvalue weighted by atomic mass is 9.75. The third-order valence-corrected chi connectivity index (χ3v) is 10.1. The van der Waals surface area contributed by atoms with Crippen LogP contribution < -0.4 is 33.2 Å². The van der Waals surface area contributed by atoms with Crippen molar-refractivity contribution in [2.75, 3.05) is 47.4 Å². The molecule has 310 valence electrons. The van der Waals surface area contributed by atoms with E-state index in [4.69, 9.17) is 69.7 Å². The fourth-order valence-electron chi connectivity index (χ4n) is 7.46. The minimum absolute atomic E-state index is 0.122. The van der Waals surface area contributed by atoms with Gasteiger partial charge in [0.1, 0.15) is 43.5 Å². The van der Waals surface area contributed by atoms with E-state index in [1.165, 1.54) is 0 Å². The molecule has 1 N–H and O–H groups in total. The summed E-state index contributed by atoms with van der Waals surface area (Å²) >= 11 is 0. The molecule has 0 bridgehead atoms. The van der Waals surface area contributed by atoms with Crippen LogP contribution >= 0.6 is 0 Å². The van der Waals surface area contributed by atoms with Crippen LogP contribution in [0.15, 0.2) is 48.5 Å². The summed E-state index contributed by atoms with van der Waals surface area (Å²) in [4.78, 5) is 12.3. The van der Waals surface area contributed by atoms with E-state index in [1.54, 1.807) is 51.5 Å². The van der Waals surface area contributed by atoms with E-state index < -0.39 is 30.7 Å². The van der Waals surface area contributed by atoms with Crippen LogP contribution in [-0.2, 0) is 41.5 Å². The number of carbonyl (C=O) groups is 1. The molecule has 4 aliphatic heterocycles. The summed E-state index contributed by atoms with van der Waals surface area (Å²) in [6, 6.07) is 14.6. The Balaban J connectivity index is 0.000000190. The summed E-state index contributed by atoms with van der Waals surface area (Å²) in [6.07, 6.45) is 8.41. The molecule has 3 saturated heterocycles. The zero-order chi connectivity index (χ0) is 41.2. The second-order valence-corrected chi connectivity index (χ2v) is 13.5. The lowest BCUT2D eigenvalue weighted by Crippen LogP contribution is -2.56. The molecule has 58 heavy (non-hydrogen) atoms. The SMILES string of the molecule is C#CCOc1cccc(OCC#C)c1COc1c(OC)cccc1OC.CC.C[C@@H]1OCC2OC(OC3c4cc5c(cc4CC4C(=O)OCC43)OCO5)CC(O)C2O1. The molecule has 1 aliphatic carbocycles. The van der Waals surface area contributed by atoms with E-state index in [2.05, 4.69) is 11.8 Å². The summed E-state index contributed by atoms with van der Waals surface area (Å²) in [5.74, 6) is 8.33. The van der Waals surface area contributed by atoms with E-state index in [1.807, 2.05) is 32.0 Å². The Bertz CT molecular complexity index is 1890. The van der Waals surface area contributed by atoms with E-state index in [0.717, 1.165) is 11.1 Å². The highest BCUT2D eigenvalue weighted by Gasteiger charge is 2.50. The first kappa shape index (κ1) is 42.3. The molecule has 0 radical (unpaired) electrons. The topological polar surface area (TPSA) is 148 Å². The number of hydrogen-bond acceptors (Lipinski definition) is 14. The number of cyclic esters (lactones) is 1. The predicted molar refractivity (Wildman–Crippen MR) is 208 cm³/mol. The molecule has 5 aliphatic rings. The lowest BCUT2D eigenvalue weighted by Gasteiger charge is -2.45. The van der Waals surface area contributed by atoms with Crippen molar-refractivity contribution in [2.24, 2.45) is 11.8 Å². The Morgan fingerprint density at radius 2 is 1.48 bits per heavy atom. The first-order chi connectivity index (χ1) is 28.3. The van der Waals surface area contributed by atoms with Crippen molar-refractivity contribution in [3.05, 3.63) is 65.2 Å². The molecule has 14 nitrogen and oxygen atoms in total. The number of esters is 1. The van der Waals surface area contributed by atoms with Crippen molar-refractivity contribution in [2.45, 2.75) is 77.2 Å². The molecule has 3 aromatic carbocycles.